The molecule has 11 heteroatoms. The first kappa shape index (κ1) is 32.7. The molecule has 5 rings (SSSR count). The Labute approximate surface area is 261 Å². The van der Waals surface area contributed by atoms with Gasteiger partial charge in [0.1, 0.15) is 23.5 Å². The molecule has 0 spiro atoms. The van der Waals surface area contributed by atoms with E-state index in [1.54, 1.807) is 0 Å². The molecule has 6 atom stereocenters. The van der Waals surface area contributed by atoms with Gasteiger partial charge in [0.25, 0.3) is 0 Å². The first-order valence-corrected chi connectivity index (χ1v) is 17.5. The van der Waals surface area contributed by atoms with E-state index < -0.39 is 33.6 Å². The number of hydrogen-bond acceptors (Lipinski definition) is 7. The van der Waals surface area contributed by atoms with Crippen molar-refractivity contribution >= 4 is 21.6 Å². The van der Waals surface area contributed by atoms with Crippen molar-refractivity contribution in [1.82, 2.24) is 25.2 Å². The number of rotatable bonds is 4. The van der Waals surface area contributed by atoms with Crippen LogP contribution in [0.25, 0.3) is 0 Å². The van der Waals surface area contributed by atoms with Gasteiger partial charge in [-0.15, -0.1) is 0 Å². The average molecular weight is 636 g/mol. The Bertz CT molecular complexity index is 1370. The lowest BCUT2D eigenvalue weighted by Gasteiger charge is -2.41. The number of sulfonamides is 1. The number of halogens is 2. The van der Waals surface area contributed by atoms with Crippen LogP contribution in [0.2, 0.25) is 5.15 Å². The Hall–Kier alpha value is -1.66. The summed E-state index contributed by atoms with van der Waals surface area (Å²) in [6.45, 7) is 12.1. The van der Waals surface area contributed by atoms with Crippen molar-refractivity contribution in [3.05, 3.63) is 63.7 Å². The molecule has 3 aliphatic rings. The van der Waals surface area contributed by atoms with Crippen molar-refractivity contribution in [3.8, 4) is 0 Å². The second-order valence-corrected chi connectivity index (χ2v) is 16.3. The molecule has 0 radical (unpaired) electrons. The quantitative estimate of drug-likeness (QED) is 0.380. The fraction of sp³-hybridized carbons (Fsp3) is 0.656. The summed E-state index contributed by atoms with van der Waals surface area (Å²) in [6.07, 6.45) is 3.30. The summed E-state index contributed by atoms with van der Waals surface area (Å²) in [7, 11) is -3.64. The van der Waals surface area contributed by atoms with E-state index in [0.717, 1.165) is 30.4 Å². The van der Waals surface area contributed by atoms with Crippen LogP contribution in [0, 0.1) is 31.0 Å². The molecule has 2 saturated heterocycles. The van der Waals surface area contributed by atoms with Crippen LogP contribution in [0.15, 0.2) is 30.3 Å². The van der Waals surface area contributed by atoms with Gasteiger partial charge in [-0.25, -0.2) is 17.8 Å². The molecule has 8 nitrogen and oxygen atoms in total. The standard InChI is InChI=1S/C32H47ClFN5O3S/c1-20-8-6-9-21(2)30(20)26-15-29-37-31(36-26)38-43(40,41)24-11-7-10-22(14-24)17-39(23(19-42-29)16-32(3,4)5)18-27-25(34)12-13-28(33)35-27/h6,8-9,12-13,22-24,26,29,31,36-38H,7,10-11,14-19H2,1-5H3/t22?,23-,24?,26?,29?,31?/m1/s1. The van der Waals surface area contributed by atoms with Crippen molar-refractivity contribution < 1.29 is 17.5 Å². The van der Waals surface area contributed by atoms with Gasteiger partial charge in [-0.1, -0.05) is 57.0 Å². The van der Waals surface area contributed by atoms with E-state index >= 15 is 0 Å². The number of aryl methyl sites for hydroxylation is 2. The predicted octanol–water partition coefficient (Wildman–Crippen LogP) is 5.54. The average Bonchev–Trinajstić information content (AvgIpc) is 2.91. The number of nitrogens with one attached hydrogen (secondary N) is 3. The maximum atomic E-state index is 15.0. The van der Waals surface area contributed by atoms with E-state index in [1.807, 2.05) is 6.07 Å². The van der Waals surface area contributed by atoms with E-state index in [-0.39, 0.29) is 35.1 Å². The lowest BCUT2D eigenvalue weighted by atomic mass is 9.85. The van der Waals surface area contributed by atoms with Crippen LogP contribution in [0.5, 0.6) is 0 Å². The smallest absolute Gasteiger partial charge is 0.216 e. The van der Waals surface area contributed by atoms with E-state index in [9.17, 15) is 12.8 Å². The van der Waals surface area contributed by atoms with Crippen molar-refractivity contribution in [2.45, 2.75) is 110 Å². The van der Waals surface area contributed by atoms with E-state index in [2.05, 4.69) is 72.0 Å². The van der Waals surface area contributed by atoms with Crippen LogP contribution in [0.3, 0.4) is 0 Å². The third kappa shape index (κ3) is 8.34. The molecule has 1 aromatic heterocycles. The number of aromatic nitrogens is 1. The van der Waals surface area contributed by atoms with Gasteiger partial charge in [0.05, 0.1) is 17.6 Å². The highest BCUT2D eigenvalue weighted by Gasteiger charge is 2.39. The van der Waals surface area contributed by atoms with Gasteiger partial charge in [0.15, 0.2) is 0 Å². The summed E-state index contributed by atoms with van der Waals surface area (Å²) in [5, 5.41) is 6.67. The van der Waals surface area contributed by atoms with Crippen molar-refractivity contribution in [2.75, 3.05) is 13.2 Å². The maximum Gasteiger partial charge on any atom is 0.216 e. The fourth-order valence-electron chi connectivity index (χ4n) is 7.16. The van der Waals surface area contributed by atoms with Crippen molar-refractivity contribution in [2.24, 2.45) is 11.3 Å². The lowest BCUT2D eigenvalue weighted by Crippen LogP contribution is -2.64. The van der Waals surface area contributed by atoms with E-state index in [0.29, 0.717) is 38.1 Å². The van der Waals surface area contributed by atoms with Crippen LogP contribution >= 0.6 is 11.6 Å². The SMILES string of the molecule is Cc1cccc(C)c1C1CC2NC(N1)NS(=O)(=O)C1CCCC(C1)CN(Cc1nc(Cl)ccc1F)[C@H](CC(C)(C)C)CO2. The van der Waals surface area contributed by atoms with Gasteiger partial charge < -0.3 is 4.74 Å². The molecule has 3 fully saturated rings. The summed E-state index contributed by atoms with van der Waals surface area (Å²) in [6, 6.07) is 8.90. The molecular formula is C32H47ClFN5O3S. The first-order valence-electron chi connectivity index (χ1n) is 15.5. The summed E-state index contributed by atoms with van der Waals surface area (Å²) >= 11 is 6.19. The number of hydrogen-bond donors (Lipinski definition) is 3. The second-order valence-electron chi connectivity index (χ2n) is 13.9. The fourth-order valence-corrected chi connectivity index (χ4v) is 8.98. The Kier molecular flexibility index (Phi) is 10.2. The number of fused-ring (bicyclic) bond motifs is 4. The second kappa shape index (κ2) is 13.4. The van der Waals surface area contributed by atoms with Gasteiger partial charge in [0, 0.05) is 31.6 Å². The molecule has 2 aromatic rings. The third-order valence-electron chi connectivity index (χ3n) is 9.10. The van der Waals surface area contributed by atoms with Gasteiger partial charge in [0.2, 0.25) is 10.0 Å². The highest BCUT2D eigenvalue weighted by atomic mass is 35.5. The summed E-state index contributed by atoms with van der Waals surface area (Å²) < 4.78 is 52.2. The van der Waals surface area contributed by atoms with Crippen LogP contribution in [-0.2, 0) is 21.3 Å². The Morgan fingerprint density at radius 3 is 2.56 bits per heavy atom. The van der Waals surface area contributed by atoms with Crippen LogP contribution in [0.4, 0.5) is 4.39 Å². The molecule has 3 N–H and O–H groups in total. The molecular weight excluding hydrogens is 589 g/mol. The van der Waals surface area contributed by atoms with Crippen molar-refractivity contribution in [3.63, 3.8) is 0 Å². The normalized spacial score (nSPS) is 30.6. The molecule has 0 amide bonds. The minimum atomic E-state index is -3.64. The zero-order valence-corrected chi connectivity index (χ0v) is 27.6. The van der Waals surface area contributed by atoms with Crippen LogP contribution < -0.4 is 15.4 Å². The highest BCUT2D eigenvalue weighted by molar-refractivity contribution is 7.90. The monoisotopic (exact) mass is 635 g/mol. The molecule has 4 bridgehead atoms. The number of nitrogens with zero attached hydrogens (tertiary/aromatic N) is 2. The Morgan fingerprint density at radius 1 is 1.09 bits per heavy atom. The third-order valence-corrected chi connectivity index (χ3v) is 11.2. The van der Waals surface area contributed by atoms with E-state index in [1.165, 1.54) is 17.7 Å². The van der Waals surface area contributed by atoms with E-state index in [4.69, 9.17) is 16.3 Å². The van der Waals surface area contributed by atoms with Gasteiger partial charge in [-0.3, -0.25) is 15.5 Å². The summed E-state index contributed by atoms with van der Waals surface area (Å²) in [4.78, 5) is 6.60. The molecule has 43 heavy (non-hydrogen) atoms. The first-order chi connectivity index (χ1) is 20.3. The largest absolute Gasteiger partial charge is 0.362 e. The molecule has 1 saturated carbocycles. The van der Waals surface area contributed by atoms with Gasteiger partial charge in [-0.2, -0.15) is 4.72 Å². The minimum Gasteiger partial charge on any atom is -0.362 e. The number of ether oxygens (including phenoxy) is 1. The highest BCUT2D eigenvalue weighted by Crippen LogP contribution is 2.34. The zero-order chi connectivity index (χ0) is 30.9. The van der Waals surface area contributed by atoms with Gasteiger partial charge >= 0.3 is 0 Å². The van der Waals surface area contributed by atoms with Gasteiger partial charge in [-0.05, 0) is 79.7 Å². The topological polar surface area (TPSA) is 95.6 Å². The number of pyridine rings is 1. The maximum absolute atomic E-state index is 15.0. The molecule has 1 aliphatic carbocycles. The Balaban J connectivity index is 1.51. The predicted molar refractivity (Wildman–Crippen MR) is 168 cm³/mol. The molecule has 238 valence electrons. The summed E-state index contributed by atoms with van der Waals surface area (Å²) in [5.74, 6) is -0.251. The zero-order valence-electron chi connectivity index (χ0n) is 26.0. The molecule has 3 heterocycles. The summed E-state index contributed by atoms with van der Waals surface area (Å²) in [5.41, 5.74) is 3.75. The number of benzene rings is 1. The molecule has 2 aliphatic heterocycles. The Morgan fingerprint density at radius 2 is 1.84 bits per heavy atom. The molecule has 5 unspecified atom stereocenters. The lowest BCUT2D eigenvalue weighted by molar-refractivity contribution is -0.0518. The molecule has 1 aromatic carbocycles. The van der Waals surface area contributed by atoms with Crippen molar-refractivity contribution in [1.29, 1.82) is 0 Å². The minimum absolute atomic E-state index is 0.0224. The van der Waals surface area contributed by atoms with Crippen LogP contribution in [-0.4, -0.2) is 55.3 Å². The van der Waals surface area contributed by atoms with Crippen LogP contribution in [0.1, 0.15) is 87.7 Å².